The Morgan fingerprint density at radius 2 is 2.33 bits per heavy atom. The smallest absolute Gasteiger partial charge is 0.357 e. The third kappa shape index (κ3) is 3.32. The lowest BCUT2D eigenvalue weighted by Crippen LogP contribution is -2.32. The standard InChI is InChI=1S/C13H20N2O3/c1-13(2,3)18-12(16)10-6-11-9(8-15-10)7-14-4-5-17-11/h6,9,14H,4-5,7-8H2,1-3H3. The molecule has 2 aliphatic rings. The van der Waals surface area contributed by atoms with E-state index in [9.17, 15) is 4.79 Å². The average Bonchev–Trinajstić information content (AvgIpc) is 2.50. The highest BCUT2D eigenvalue weighted by molar-refractivity contribution is 6.41. The second-order valence-corrected chi connectivity index (χ2v) is 5.52. The third-order valence-electron chi connectivity index (χ3n) is 2.71. The molecule has 1 fully saturated rings. The maximum Gasteiger partial charge on any atom is 0.357 e. The predicted octanol–water partition coefficient (Wildman–Crippen LogP) is 0.903. The summed E-state index contributed by atoms with van der Waals surface area (Å²) in [4.78, 5) is 16.2. The summed E-state index contributed by atoms with van der Waals surface area (Å²) in [6.45, 7) is 8.41. The highest BCUT2D eigenvalue weighted by atomic mass is 16.6. The second-order valence-electron chi connectivity index (χ2n) is 5.52. The van der Waals surface area contributed by atoms with E-state index < -0.39 is 5.60 Å². The zero-order valence-corrected chi connectivity index (χ0v) is 11.2. The molecular formula is C13H20N2O3. The second kappa shape index (κ2) is 5.10. The summed E-state index contributed by atoms with van der Waals surface area (Å²) in [7, 11) is 0. The Kier molecular flexibility index (Phi) is 3.71. The quantitative estimate of drug-likeness (QED) is 0.704. The van der Waals surface area contributed by atoms with Crippen LogP contribution in [-0.4, -0.2) is 43.5 Å². The molecule has 0 radical (unpaired) electrons. The van der Waals surface area contributed by atoms with Crippen molar-refractivity contribution in [1.29, 1.82) is 0 Å². The number of nitrogens with zero attached hydrogens (tertiary/aromatic N) is 1. The predicted molar refractivity (Wildman–Crippen MR) is 68.5 cm³/mol. The molecule has 5 nitrogen and oxygen atoms in total. The van der Waals surface area contributed by atoms with Gasteiger partial charge in [0.2, 0.25) is 0 Å². The summed E-state index contributed by atoms with van der Waals surface area (Å²) in [6.07, 6.45) is 1.72. The van der Waals surface area contributed by atoms with E-state index in [2.05, 4.69) is 10.3 Å². The van der Waals surface area contributed by atoms with Crippen molar-refractivity contribution >= 4 is 11.7 Å². The fraction of sp³-hybridized carbons (Fsp3) is 0.692. The number of carbonyl (C=O) groups is 1. The van der Waals surface area contributed by atoms with Crippen LogP contribution in [0.1, 0.15) is 20.8 Å². The highest BCUT2D eigenvalue weighted by Crippen LogP contribution is 2.20. The first-order valence-corrected chi connectivity index (χ1v) is 6.28. The lowest BCUT2D eigenvalue weighted by molar-refractivity contribution is -0.146. The molecule has 5 heteroatoms. The first-order valence-electron chi connectivity index (χ1n) is 6.28. The molecule has 1 atom stereocenters. The van der Waals surface area contributed by atoms with Gasteiger partial charge in [-0.05, 0) is 20.8 Å². The molecule has 0 amide bonds. The van der Waals surface area contributed by atoms with Crippen molar-refractivity contribution in [3.05, 3.63) is 11.8 Å². The molecule has 0 aromatic heterocycles. The molecule has 0 aliphatic carbocycles. The number of rotatable bonds is 1. The van der Waals surface area contributed by atoms with E-state index in [1.54, 1.807) is 6.08 Å². The van der Waals surface area contributed by atoms with Gasteiger partial charge >= 0.3 is 5.97 Å². The van der Waals surface area contributed by atoms with Gasteiger partial charge in [0.25, 0.3) is 0 Å². The number of ether oxygens (including phenoxy) is 2. The van der Waals surface area contributed by atoms with Gasteiger partial charge in [0.05, 0.1) is 6.54 Å². The van der Waals surface area contributed by atoms with Crippen molar-refractivity contribution in [2.45, 2.75) is 26.4 Å². The first-order chi connectivity index (χ1) is 8.46. The van der Waals surface area contributed by atoms with Crippen molar-refractivity contribution in [3.8, 4) is 0 Å². The molecule has 1 N–H and O–H groups in total. The van der Waals surface area contributed by atoms with Crippen molar-refractivity contribution < 1.29 is 14.3 Å². The van der Waals surface area contributed by atoms with Crippen LogP contribution in [0.15, 0.2) is 16.8 Å². The van der Waals surface area contributed by atoms with Gasteiger partial charge in [0.15, 0.2) is 0 Å². The lowest BCUT2D eigenvalue weighted by Gasteiger charge is -2.23. The molecule has 0 spiro atoms. The Balaban J connectivity index is 2.07. The molecule has 2 heterocycles. The van der Waals surface area contributed by atoms with Crippen LogP contribution < -0.4 is 5.32 Å². The van der Waals surface area contributed by atoms with Gasteiger partial charge in [-0.1, -0.05) is 0 Å². The number of hydrogen-bond acceptors (Lipinski definition) is 5. The van der Waals surface area contributed by atoms with E-state index in [0.29, 0.717) is 18.9 Å². The molecule has 100 valence electrons. The lowest BCUT2D eigenvalue weighted by atomic mass is 10.0. The van der Waals surface area contributed by atoms with Gasteiger partial charge in [-0.25, -0.2) is 4.79 Å². The van der Waals surface area contributed by atoms with E-state index in [4.69, 9.17) is 9.47 Å². The van der Waals surface area contributed by atoms with Gasteiger partial charge in [-0.2, -0.15) is 0 Å². The molecule has 0 bridgehead atoms. The number of nitrogens with one attached hydrogen (secondary N) is 1. The Morgan fingerprint density at radius 3 is 3.06 bits per heavy atom. The minimum atomic E-state index is -0.499. The van der Waals surface area contributed by atoms with Crippen LogP contribution in [0.5, 0.6) is 0 Å². The largest absolute Gasteiger partial charge is 0.496 e. The molecule has 0 saturated carbocycles. The topological polar surface area (TPSA) is 59.9 Å². The zero-order chi connectivity index (χ0) is 13.2. The van der Waals surface area contributed by atoms with E-state index in [1.807, 2.05) is 20.8 Å². The Bertz CT molecular complexity index is 394. The van der Waals surface area contributed by atoms with Crippen LogP contribution in [0.4, 0.5) is 0 Å². The molecule has 0 aromatic rings. The van der Waals surface area contributed by atoms with E-state index in [1.165, 1.54) is 0 Å². The van der Waals surface area contributed by atoms with E-state index in [0.717, 1.165) is 18.8 Å². The summed E-state index contributed by atoms with van der Waals surface area (Å²) in [5.41, 5.74) is -0.140. The van der Waals surface area contributed by atoms with Gasteiger partial charge < -0.3 is 14.8 Å². The van der Waals surface area contributed by atoms with Crippen LogP contribution in [0, 0.1) is 5.92 Å². The SMILES string of the molecule is CC(C)(C)OC(=O)C1=NCC2CNCCOC2=C1. The fourth-order valence-corrected chi connectivity index (χ4v) is 1.89. The minimum absolute atomic E-state index is 0.235. The molecule has 1 saturated heterocycles. The molecule has 2 aliphatic heterocycles. The molecule has 2 rings (SSSR count). The number of aliphatic imine (C=N–C) groups is 1. The zero-order valence-electron chi connectivity index (χ0n) is 11.2. The van der Waals surface area contributed by atoms with Crippen LogP contribution in [0.3, 0.4) is 0 Å². The molecule has 18 heavy (non-hydrogen) atoms. The number of dihydropyridines is 1. The summed E-state index contributed by atoms with van der Waals surface area (Å²) in [6, 6.07) is 0. The van der Waals surface area contributed by atoms with Crippen molar-refractivity contribution in [3.63, 3.8) is 0 Å². The number of esters is 1. The Labute approximate surface area is 107 Å². The molecule has 1 unspecified atom stereocenters. The average molecular weight is 252 g/mol. The summed E-state index contributed by atoms with van der Waals surface area (Å²) < 4.78 is 10.9. The van der Waals surface area contributed by atoms with Crippen LogP contribution >= 0.6 is 0 Å². The van der Waals surface area contributed by atoms with Crippen molar-refractivity contribution in [2.24, 2.45) is 10.9 Å². The third-order valence-corrected chi connectivity index (χ3v) is 2.71. The normalized spacial score (nSPS) is 24.1. The van der Waals surface area contributed by atoms with Crippen LogP contribution in [0.25, 0.3) is 0 Å². The molecule has 0 aromatic carbocycles. The molecular weight excluding hydrogens is 232 g/mol. The Morgan fingerprint density at radius 1 is 1.56 bits per heavy atom. The van der Waals surface area contributed by atoms with Crippen LogP contribution in [0.2, 0.25) is 0 Å². The number of fused-ring (bicyclic) bond motifs is 1. The first kappa shape index (κ1) is 13.1. The maximum absolute atomic E-state index is 11.9. The Hall–Kier alpha value is -1.36. The van der Waals surface area contributed by atoms with Crippen molar-refractivity contribution in [1.82, 2.24) is 5.32 Å². The van der Waals surface area contributed by atoms with Gasteiger partial charge in [-0.15, -0.1) is 0 Å². The summed E-state index contributed by atoms with van der Waals surface area (Å²) >= 11 is 0. The summed E-state index contributed by atoms with van der Waals surface area (Å²) in [5, 5.41) is 3.28. The minimum Gasteiger partial charge on any atom is -0.496 e. The van der Waals surface area contributed by atoms with Gasteiger partial charge in [-0.3, -0.25) is 4.99 Å². The number of carbonyl (C=O) groups excluding carboxylic acids is 1. The van der Waals surface area contributed by atoms with E-state index in [-0.39, 0.29) is 11.9 Å². The number of hydrogen-bond donors (Lipinski definition) is 1. The van der Waals surface area contributed by atoms with E-state index >= 15 is 0 Å². The van der Waals surface area contributed by atoms with Gasteiger partial charge in [0.1, 0.15) is 23.7 Å². The summed E-state index contributed by atoms with van der Waals surface area (Å²) in [5.74, 6) is 0.698. The maximum atomic E-state index is 11.9. The van der Waals surface area contributed by atoms with Crippen LogP contribution in [-0.2, 0) is 14.3 Å². The van der Waals surface area contributed by atoms with Crippen molar-refractivity contribution in [2.75, 3.05) is 26.2 Å². The monoisotopic (exact) mass is 252 g/mol. The fourth-order valence-electron chi connectivity index (χ4n) is 1.89. The van der Waals surface area contributed by atoms with Gasteiger partial charge in [0, 0.05) is 25.1 Å². The highest BCUT2D eigenvalue weighted by Gasteiger charge is 2.27.